The first kappa shape index (κ1) is 21.4. The summed E-state index contributed by atoms with van der Waals surface area (Å²) in [5.74, 6) is -0.661. The van der Waals surface area contributed by atoms with Gasteiger partial charge in [0.25, 0.3) is 0 Å². The number of carboxylic acids is 1. The van der Waals surface area contributed by atoms with Gasteiger partial charge in [-0.15, -0.1) is 0 Å². The quantitative estimate of drug-likeness (QED) is 0.347. The van der Waals surface area contributed by atoms with Crippen LogP contribution in [0.2, 0.25) is 0 Å². The van der Waals surface area contributed by atoms with Crippen LogP contribution in [-0.4, -0.2) is 24.2 Å². The van der Waals surface area contributed by atoms with Gasteiger partial charge in [0.1, 0.15) is 0 Å². The van der Waals surface area contributed by atoms with Crippen LogP contribution in [0.15, 0.2) is 0 Å². The van der Waals surface area contributed by atoms with E-state index in [-0.39, 0.29) is 0 Å². The molecule has 0 rings (SSSR count). The lowest BCUT2D eigenvalue weighted by atomic mass is 10.00. The Kier molecular flexibility index (Phi) is 16.4. The van der Waals surface area contributed by atoms with E-state index in [4.69, 9.17) is 5.11 Å². The van der Waals surface area contributed by atoms with Crippen LogP contribution in [-0.2, 0) is 4.79 Å². The predicted molar refractivity (Wildman–Crippen MR) is 95.4 cm³/mol. The second-order valence-electron chi connectivity index (χ2n) is 6.60. The van der Waals surface area contributed by atoms with Crippen molar-refractivity contribution in [1.82, 2.24) is 5.32 Å². The summed E-state index contributed by atoms with van der Waals surface area (Å²) in [4.78, 5) is 10.4. The van der Waals surface area contributed by atoms with Gasteiger partial charge in [0, 0.05) is 12.5 Å². The molecule has 0 aromatic heterocycles. The van der Waals surface area contributed by atoms with Gasteiger partial charge in [0.2, 0.25) is 0 Å². The second-order valence-corrected chi connectivity index (χ2v) is 6.60. The third-order valence-corrected chi connectivity index (χ3v) is 4.51. The smallest absolute Gasteiger partial charge is 0.303 e. The van der Waals surface area contributed by atoms with Crippen LogP contribution in [0.1, 0.15) is 103 Å². The number of nitrogens with one attached hydrogen (secondary N) is 1. The number of hydrogen-bond acceptors (Lipinski definition) is 2. The van der Waals surface area contributed by atoms with Gasteiger partial charge in [-0.05, 0) is 26.3 Å². The third kappa shape index (κ3) is 15.8. The molecule has 0 saturated carbocycles. The summed E-state index contributed by atoms with van der Waals surface area (Å²) in [6.07, 6.45) is 18.2. The Bertz CT molecular complexity index is 244. The largest absolute Gasteiger partial charge is 0.481 e. The van der Waals surface area contributed by atoms with E-state index in [0.717, 1.165) is 12.8 Å². The van der Waals surface area contributed by atoms with Gasteiger partial charge >= 0.3 is 5.97 Å². The molecule has 0 radical (unpaired) electrons. The first-order chi connectivity index (χ1) is 10.7. The zero-order valence-electron chi connectivity index (χ0n) is 15.0. The van der Waals surface area contributed by atoms with E-state index in [2.05, 4.69) is 19.3 Å². The average molecular weight is 314 g/mol. The highest BCUT2D eigenvalue weighted by Crippen LogP contribution is 2.14. The van der Waals surface area contributed by atoms with Crippen LogP contribution in [0.25, 0.3) is 0 Å². The van der Waals surface area contributed by atoms with Gasteiger partial charge in [-0.1, -0.05) is 77.6 Å². The Morgan fingerprint density at radius 1 is 0.818 bits per heavy atom. The predicted octanol–water partition coefficient (Wildman–Crippen LogP) is 5.53. The fourth-order valence-corrected chi connectivity index (χ4v) is 2.98. The number of unbranched alkanes of at least 4 members (excludes halogenated alkanes) is 10. The van der Waals surface area contributed by atoms with Crippen molar-refractivity contribution in [1.29, 1.82) is 0 Å². The van der Waals surface area contributed by atoms with E-state index in [9.17, 15) is 4.79 Å². The number of rotatable bonds is 17. The minimum Gasteiger partial charge on any atom is -0.481 e. The van der Waals surface area contributed by atoms with Gasteiger partial charge in [0.15, 0.2) is 0 Å². The average Bonchev–Trinajstić information content (AvgIpc) is 2.50. The van der Waals surface area contributed by atoms with Crippen molar-refractivity contribution in [3.05, 3.63) is 0 Å². The molecule has 1 unspecified atom stereocenters. The molecule has 0 fully saturated rings. The third-order valence-electron chi connectivity index (χ3n) is 4.51. The molecule has 0 bridgehead atoms. The standard InChI is InChI=1S/C19H39NO2/c1-3-4-5-6-9-12-15-18(20-2)16-13-10-7-8-11-14-17-19(21)22/h18,20H,3-17H2,1-2H3,(H,21,22). The molecule has 0 aliphatic rings. The van der Waals surface area contributed by atoms with Gasteiger partial charge < -0.3 is 10.4 Å². The molecule has 3 heteroatoms. The van der Waals surface area contributed by atoms with Crippen LogP contribution in [0, 0.1) is 0 Å². The fraction of sp³-hybridized carbons (Fsp3) is 0.947. The SMILES string of the molecule is CCCCCCCCC(CCCCCCCCC(=O)O)NC. The first-order valence-corrected chi connectivity index (χ1v) is 9.59. The maximum atomic E-state index is 10.4. The van der Waals surface area contributed by atoms with Crippen molar-refractivity contribution in [3.8, 4) is 0 Å². The van der Waals surface area contributed by atoms with Crippen molar-refractivity contribution in [2.24, 2.45) is 0 Å². The summed E-state index contributed by atoms with van der Waals surface area (Å²) >= 11 is 0. The van der Waals surface area contributed by atoms with Gasteiger partial charge in [0.05, 0.1) is 0 Å². The molecule has 132 valence electrons. The molecule has 0 spiro atoms. The molecule has 3 nitrogen and oxygen atoms in total. The van der Waals surface area contributed by atoms with Crippen molar-refractivity contribution < 1.29 is 9.90 Å². The second kappa shape index (κ2) is 16.8. The fourth-order valence-electron chi connectivity index (χ4n) is 2.98. The number of hydrogen-bond donors (Lipinski definition) is 2. The molecule has 0 aliphatic heterocycles. The minimum atomic E-state index is -0.661. The highest BCUT2D eigenvalue weighted by atomic mass is 16.4. The van der Waals surface area contributed by atoms with Gasteiger partial charge in [-0.3, -0.25) is 4.79 Å². The molecule has 22 heavy (non-hydrogen) atoms. The van der Waals surface area contributed by atoms with E-state index in [1.54, 1.807) is 0 Å². The lowest BCUT2D eigenvalue weighted by Crippen LogP contribution is -2.24. The summed E-state index contributed by atoms with van der Waals surface area (Å²) < 4.78 is 0. The Balaban J connectivity index is 3.33. The van der Waals surface area contributed by atoms with Crippen molar-refractivity contribution in [2.75, 3.05) is 7.05 Å². The lowest BCUT2D eigenvalue weighted by Gasteiger charge is -2.15. The molecule has 0 aromatic carbocycles. The number of carbonyl (C=O) groups is 1. The molecule has 0 heterocycles. The molecule has 0 aliphatic carbocycles. The Morgan fingerprint density at radius 2 is 1.27 bits per heavy atom. The topological polar surface area (TPSA) is 49.3 Å². The monoisotopic (exact) mass is 313 g/mol. The highest BCUT2D eigenvalue weighted by molar-refractivity contribution is 5.66. The molecule has 0 aromatic rings. The first-order valence-electron chi connectivity index (χ1n) is 9.59. The molecule has 0 saturated heterocycles. The summed E-state index contributed by atoms with van der Waals surface area (Å²) in [5, 5.41) is 12.0. The molecular weight excluding hydrogens is 274 g/mol. The van der Waals surface area contributed by atoms with Crippen molar-refractivity contribution in [3.63, 3.8) is 0 Å². The highest BCUT2D eigenvalue weighted by Gasteiger charge is 2.05. The van der Waals surface area contributed by atoms with Gasteiger partial charge in [-0.25, -0.2) is 0 Å². The van der Waals surface area contributed by atoms with Crippen LogP contribution in [0.5, 0.6) is 0 Å². The zero-order valence-corrected chi connectivity index (χ0v) is 15.0. The van der Waals surface area contributed by atoms with E-state index in [1.165, 1.54) is 77.0 Å². The van der Waals surface area contributed by atoms with E-state index < -0.39 is 5.97 Å². The van der Waals surface area contributed by atoms with Crippen LogP contribution >= 0.6 is 0 Å². The van der Waals surface area contributed by atoms with E-state index in [0.29, 0.717) is 12.5 Å². The zero-order chi connectivity index (χ0) is 16.5. The number of carboxylic acid groups (broad SMARTS) is 1. The van der Waals surface area contributed by atoms with Crippen molar-refractivity contribution >= 4 is 5.97 Å². The van der Waals surface area contributed by atoms with E-state index in [1.807, 2.05) is 0 Å². The maximum Gasteiger partial charge on any atom is 0.303 e. The molecule has 2 N–H and O–H groups in total. The molecular formula is C19H39NO2. The van der Waals surface area contributed by atoms with Crippen LogP contribution in [0.4, 0.5) is 0 Å². The normalized spacial score (nSPS) is 12.5. The summed E-state index contributed by atoms with van der Waals surface area (Å²) in [5.41, 5.74) is 0. The molecule has 1 atom stereocenters. The van der Waals surface area contributed by atoms with Crippen LogP contribution < -0.4 is 5.32 Å². The Hall–Kier alpha value is -0.570. The van der Waals surface area contributed by atoms with Crippen LogP contribution in [0.3, 0.4) is 0 Å². The Labute approximate surface area is 138 Å². The number of aliphatic carboxylic acids is 1. The van der Waals surface area contributed by atoms with Crippen molar-refractivity contribution in [2.45, 2.75) is 109 Å². The summed E-state index contributed by atoms with van der Waals surface area (Å²) in [6.45, 7) is 2.27. The van der Waals surface area contributed by atoms with E-state index >= 15 is 0 Å². The van der Waals surface area contributed by atoms with Gasteiger partial charge in [-0.2, -0.15) is 0 Å². The maximum absolute atomic E-state index is 10.4. The summed E-state index contributed by atoms with van der Waals surface area (Å²) in [6, 6.07) is 0.693. The molecule has 0 amide bonds. The lowest BCUT2D eigenvalue weighted by molar-refractivity contribution is -0.137. The summed E-state index contributed by atoms with van der Waals surface area (Å²) in [7, 11) is 2.09. The Morgan fingerprint density at radius 3 is 1.73 bits per heavy atom. The minimum absolute atomic E-state index is 0.333.